The Morgan fingerprint density at radius 2 is 1.95 bits per heavy atom. The number of rotatable bonds is 5. The molecule has 2 nitrogen and oxygen atoms in total. The third kappa shape index (κ3) is 3.83. The molecule has 21 heavy (non-hydrogen) atoms. The summed E-state index contributed by atoms with van der Waals surface area (Å²) in [5.74, 6) is 1.30. The zero-order chi connectivity index (χ0) is 14.7. The molecule has 0 radical (unpaired) electrons. The van der Waals surface area contributed by atoms with Crippen LogP contribution in [0.3, 0.4) is 0 Å². The average molecular weight is 290 g/mol. The lowest BCUT2D eigenvalue weighted by Gasteiger charge is -2.39. The van der Waals surface area contributed by atoms with Crippen molar-refractivity contribution in [1.82, 2.24) is 10.2 Å². The van der Waals surface area contributed by atoms with E-state index in [9.17, 15) is 4.39 Å². The minimum Gasteiger partial charge on any atom is -0.312 e. The molecule has 1 aromatic carbocycles. The van der Waals surface area contributed by atoms with E-state index in [4.69, 9.17) is 0 Å². The number of likely N-dealkylation sites (tertiary alicyclic amines) is 1. The average Bonchev–Trinajstić information content (AvgIpc) is 2.46. The molecule has 2 atom stereocenters. The zero-order valence-corrected chi connectivity index (χ0v) is 13.0. The van der Waals surface area contributed by atoms with Gasteiger partial charge in [0.1, 0.15) is 5.82 Å². The number of benzene rings is 1. The quantitative estimate of drug-likeness (QED) is 0.894. The lowest BCUT2D eigenvalue weighted by Crippen LogP contribution is -2.49. The van der Waals surface area contributed by atoms with E-state index >= 15 is 0 Å². The zero-order valence-electron chi connectivity index (χ0n) is 13.0. The van der Waals surface area contributed by atoms with Gasteiger partial charge in [0, 0.05) is 19.1 Å². The van der Waals surface area contributed by atoms with Crippen molar-refractivity contribution in [3.63, 3.8) is 0 Å². The molecule has 0 spiro atoms. The molecule has 1 saturated carbocycles. The molecule has 0 amide bonds. The van der Waals surface area contributed by atoms with E-state index in [-0.39, 0.29) is 5.82 Å². The van der Waals surface area contributed by atoms with E-state index in [0.29, 0.717) is 12.0 Å². The summed E-state index contributed by atoms with van der Waals surface area (Å²) in [6.07, 6.45) is 5.39. The second-order valence-corrected chi connectivity index (χ2v) is 6.74. The molecule has 3 rings (SSSR count). The summed E-state index contributed by atoms with van der Waals surface area (Å²) >= 11 is 0. The number of halogens is 1. The minimum atomic E-state index is -0.137. The predicted octanol–water partition coefficient (Wildman–Crippen LogP) is 3.39. The fourth-order valence-corrected chi connectivity index (χ4v) is 3.60. The Bertz CT molecular complexity index is 441. The first-order valence-corrected chi connectivity index (χ1v) is 8.45. The van der Waals surface area contributed by atoms with Crippen LogP contribution in [0.4, 0.5) is 4.39 Å². The number of likely N-dealkylation sites (N-methyl/N-ethyl adjacent to an activating group) is 1. The van der Waals surface area contributed by atoms with E-state index in [1.165, 1.54) is 37.8 Å². The van der Waals surface area contributed by atoms with Crippen molar-refractivity contribution >= 4 is 0 Å². The van der Waals surface area contributed by atoms with Crippen molar-refractivity contribution < 1.29 is 4.39 Å². The number of nitrogens with zero attached hydrogens (tertiary/aromatic N) is 1. The maximum Gasteiger partial charge on any atom is 0.123 e. The van der Waals surface area contributed by atoms with Crippen molar-refractivity contribution in [1.29, 1.82) is 0 Å². The Morgan fingerprint density at radius 3 is 2.57 bits per heavy atom. The standard InChI is InChI=1S/C18H27FN2/c1-2-21-12-16(15-6-8-17(19)9-7-15)10-18(13-21)20-11-14-4-3-5-14/h6-9,14,16,18,20H,2-5,10-13H2,1H3. The molecule has 1 aromatic rings. The Kier molecular flexibility index (Phi) is 4.91. The first kappa shape index (κ1) is 15.0. The van der Waals surface area contributed by atoms with Crippen LogP contribution in [0.5, 0.6) is 0 Å². The fraction of sp³-hybridized carbons (Fsp3) is 0.667. The van der Waals surface area contributed by atoms with Gasteiger partial charge < -0.3 is 10.2 Å². The molecular formula is C18H27FN2. The van der Waals surface area contributed by atoms with E-state index in [1.807, 2.05) is 12.1 Å². The first-order chi connectivity index (χ1) is 10.2. The normalized spacial score (nSPS) is 27.5. The maximum absolute atomic E-state index is 13.1. The molecule has 1 saturated heterocycles. The topological polar surface area (TPSA) is 15.3 Å². The van der Waals surface area contributed by atoms with Crippen LogP contribution < -0.4 is 5.32 Å². The van der Waals surface area contributed by atoms with Gasteiger partial charge in [0.25, 0.3) is 0 Å². The smallest absolute Gasteiger partial charge is 0.123 e. The number of piperidine rings is 1. The molecule has 3 heteroatoms. The van der Waals surface area contributed by atoms with Crippen molar-refractivity contribution in [2.45, 2.75) is 44.6 Å². The summed E-state index contributed by atoms with van der Waals surface area (Å²) in [6.45, 7) is 6.76. The molecule has 1 heterocycles. The monoisotopic (exact) mass is 290 g/mol. The van der Waals surface area contributed by atoms with Crippen LogP contribution >= 0.6 is 0 Å². The van der Waals surface area contributed by atoms with Gasteiger partial charge in [-0.2, -0.15) is 0 Å². The van der Waals surface area contributed by atoms with Crippen LogP contribution in [0.1, 0.15) is 44.1 Å². The van der Waals surface area contributed by atoms with E-state index < -0.39 is 0 Å². The Labute approximate surface area is 127 Å². The molecular weight excluding hydrogens is 263 g/mol. The van der Waals surface area contributed by atoms with Crippen molar-refractivity contribution in [3.8, 4) is 0 Å². The highest BCUT2D eigenvalue weighted by molar-refractivity contribution is 5.22. The summed E-state index contributed by atoms with van der Waals surface area (Å²) in [6, 6.07) is 7.69. The SMILES string of the molecule is CCN1CC(NCC2CCC2)CC(c2ccc(F)cc2)C1. The molecule has 2 aliphatic rings. The van der Waals surface area contributed by atoms with Gasteiger partial charge in [-0.1, -0.05) is 25.5 Å². The third-order valence-corrected chi connectivity index (χ3v) is 5.23. The summed E-state index contributed by atoms with van der Waals surface area (Å²) in [5, 5.41) is 3.78. The summed E-state index contributed by atoms with van der Waals surface area (Å²) in [5.41, 5.74) is 1.28. The van der Waals surface area contributed by atoms with Crippen molar-refractivity contribution in [3.05, 3.63) is 35.6 Å². The maximum atomic E-state index is 13.1. The second kappa shape index (κ2) is 6.89. The van der Waals surface area contributed by atoms with E-state index in [2.05, 4.69) is 17.1 Å². The summed E-state index contributed by atoms with van der Waals surface area (Å²) in [7, 11) is 0. The van der Waals surface area contributed by atoms with Crippen molar-refractivity contribution in [2.75, 3.05) is 26.2 Å². The third-order valence-electron chi connectivity index (χ3n) is 5.23. The Morgan fingerprint density at radius 1 is 1.19 bits per heavy atom. The van der Waals surface area contributed by atoms with Crippen LogP contribution in [0.25, 0.3) is 0 Å². The number of nitrogens with one attached hydrogen (secondary N) is 1. The minimum absolute atomic E-state index is 0.137. The molecule has 0 bridgehead atoms. The van der Waals surface area contributed by atoms with Gasteiger partial charge in [-0.25, -0.2) is 4.39 Å². The van der Waals surface area contributed by atoms with Crippen molar-refractivity contribution in [2.24, 2.45) is 5.92 Å². The van der Waals surface area contributed by atoms with Gasteiger partial charge in [-0.3, -0.25) is 0 Å². The van der Waals surface area contributed by atoms with Gasteiger partial charge in [0.15, 0.2) is 0 Å². The van der Waals surface area contributed by atoms with Crippen LogP contribution in [-0.4, -0.2) is 37.1 Å². The van der Waals surface area contributed by atoms with Crippen LogP contribution in [0, 0.1) is 11.7 Å². The van der Waals surface area contributed by atoms with Crippen LogP contribution in [0.15, 0.2) is 24.3 Å². The van der Waals surface area contributed by atoms with Gasteiger partial charge >= 0.3 is 0 Å². The van der Waals surface area contributed by atoms with Gasteiger partial charge in [-0.05, 0) is 61.9 Å². The molecule has 116 valence electrons. The Balaban J connectivity index is 1.61. The molecule has 0 aromatic heterocycles. The van der Waals surface area contributed by atoms with Crippen LogP contribution in [-0.2, 0) is 0 Å². The molecule has 2 unspecified atom stereocenters. The van der Waals surface area contributed by atoms with Gasteiger partial charge in [-0.15, -0.1) is 0 Å². The highest BCUT2D eigenvalue weighted by Crippen LogP contribution is 2.29. The molecule has 2 fully saturated rings. The highest BCUT2D eigenvalue weighted by Gasteiger charge is 2.28. The number of hydrogen-bond acceptors (Lipinski definition) is 2. The lowest BCUT2D eigenvalue weighted by molar-refractivity contribution is 0.169. The largest absolute Gasteiger partial charge is 0.312 e. The van der Waals surface area contributed by atoms with Gasteiger partial charge in [0.2, 0.25) is 0 Å². The predicted molar refractivity (Wildman–Crippen MR) is 85.0 cm³/mol. The lowest BCUT2D eigenvalue weighted by atomic mass is 9.84. The molecule has 1 aliphatic carbocycles. The van der Waals surface area contributed by atoms with E-state index in [1.54, 1.807) is 12.1 Å². The molecule has 1 N–H and O–H groups in total. The first-order valence-electron chi connectivity index (χ1n) is 8.45. The van der Waals surface area contributed by atoms with Gasteiger partial charge in [0.05, 0.1) is 0 Å². The van der Waals surface area contributed by atoms with Crippen LogP contribution in [0.2, 0.25) is 0 Å². The Hall–Kier alpha value is -0.930. The summed E-state index contributed by atoms with van der Waals surface area (Å²) < 4.78 is 13.1. The fourth-order valence-electron chi connectivity index (χ4n) is 3.60. The van der Waals surface area contributed by atoms with E-state index in [0.717, 1.165) is 25.6 Å². The second-order valence-electron chi connectivity index (χ2n) is 6.74. The number of hydrogen-bond donors (Lipinski definition) is 1. The summed E-state index contributed by atoms with van der Waals surface area (Å²) in [4.78, 5) is 2.52. The molecule has 1 aliphatic heterocycles. The highest BCUT2D eigenvalue weighted by atomic mass is 19.1.